The number of esters is 1. The lowest BCUT2D eigenvalue weighted by Gasteiger charge is -2.29. The van der Waals surface area contributed by atoms with Gasteiger partial charge in [0.2, 0.25) is 5.79 Å². The van der Waals surface area contributed by atoms with Gasteiger partial charge in [0.25, 0.3) is 0 Å². The minimum atomic E-state index is -1.81. The van der Waals surface area contributed by atoms with Crippen LogP contribution in [-0.4, -0.2) is 28.4 Å². The molecule has 0 spiro atoms. The SMILES string of the molecule is CC1(O)OC(=O)C(c2c(F)cccc2F)=C1C1CCSCC1. The lowest BCUT2D eigenvalue weighted by molar-refractivity contribution is -0.176. The zero-order chi connectivity index (χ0) is 15.9. The Kier molecular flexibility index (Phi) is 3.99. The first-order valence-corrected chi connectivity index (χ1v) is 8.30. The maximum absolute atomic E-state index is 14.1. The van der Waals surface area contributed by atoms with Crippen LogP contribution in [0.4, 0.5) is 8.78 Å². The van der Waals surface area contributed by atoms with Gasteiger partial charge in [-0.2, -0.15) is 11.8 Å². The van der Waals surface area contributed by atoms with Crippen LogP contribution in [0.5, 0.6) is 0 Å². The molecule has 1 unspecified atom stereocenters. The highest BCUT2D eigenvalue weighted by Crippen LogP contribution is 2.45. The van der Waals surface area contributed by atoms with Gasteiger partial charge < -0.3 is 9.84 Å². The molecule has 6 heteroatoms. The van der Waals surface area contributed by atoms with Crippen LogP contribution in [0.1, 0.15) is 25.3 Å². The number of hydrogen-bond acceptors (Lipinski definition) is 4. The van der Waals surface area contributed by atoms with E-state index < -0.39 is 29.0 Å². The Balaban J connectivity index is 2.20. The van der Waals surface area contributed by atoms with E-state index in [2.05, 4.69) is 0 Å². The molecule has 0 aliphatic carbocycles. The van der Waals surface area contributed by atoms with Crippen LogP contribution in [-0.2, 0) is 9.53 Å². The molecule has 0 bridgehead atoms. The van der Waals surface area contributed by atoms with E-state index >= 15 is 0 Å². The molecule has 1 aromatic rings. The molecule has 2 heterocycles. The molecule has 3 rings (SSSR count). The summed E-state index contributed by atoms with van der Waals surface area (Å²) in [5.41, 5.74) is -0.252. The fraction of sp³-hybridized carbons (Fsp3) is 0.438. The van der Waals surface area contributed by atoms with E-state index in [0.29, 0.717) is 5.57 Å². The molecular formula is C16H16F2O3S. The van der Waals surface area contributed by atoms with Crippen molar-refractivity contribution in [2.45, 2.75) is 25.6 Å². The van der Waals surface area contributed by atoms with Crippen LogP contribution < -0.4 is 0 Å². The number of cyclic esters (lactones) is 1. The third-order valence-corrected chi connectivity index (χ3v) is 5.16. The van der Waals surface area contributed by atoms with E-state index in [0.717, 1.165) is 36.5 Å². The number of ether oxygens (including phenoxy) is 1. The van der Waals surface area contributed by atoms with Crippen LogP contribution in [0.2, 0.25) is 0 Å². The van der Waals surface area contributed by atoms with Crippen molar-refractivity contribution < 1.29 is 23.4 Å². The Morgan fingerprint density at radius 1 is 1.27 bits per heavy atom. The molecule has 0 aromatic heterocycles. The number of aliphatic hydroxyl groups is 1. The van der Waals surface area contributed by atoms with Crippen molar-refractivity contribution in [2.24, 2.45) is 5.92 Å². The Morgan fingerprint density at radius 2 is 1.86 bits per heavy atom. The van der Waals surface area contributed by atoms with Gasteiger partial charge in [0.05, 0.1) is 11.1 Å². The average Bonchev–Trinajstić information content (AvgIpc) is 2.69. The number of hydrogen-bond donors (Lipinski definition) is 1. The summed E-state index contributed by atoms with van der Waals surface area (Å²) in [5.74, 6) is -2.69. The van der Waals surface area contributed by atoms with Crippen LogP contribution in [0.3, 0.4) is 0 Å². The molecule has 0 radical (unpaired) electrons. The predicted octanol–water partition coefficient (Wildman–Crippen LogP) is 3.13. The molecular weight excluding hydrogens is 310 g/mol. The molecule has 2 aliphatic heterocycles. The average molecular weight is 326 g/mol. The molecule has 22 heavy (non-hydrogen) atoms. The molecule has 0 saturated carbocycles. The standard InChI is InChI=1S/C16H16F2O3S/c1-16(20)14(9-5-7-22-8-6-9)13(15(19)21-16)12-10(17)3-2-4-11(12)18/h2-4,9,20H,5-8H2,1H3. The first-order chi connectivity index (χ1) is 10.4. The first kappa shape index (κ1) is 15.5. The van der Waals surface area contributed by atoms with Gasteiger partial charge >= 0.3 is 5.97 Å². The van der Waals surface area contributed by atoms with Gasteiger partial charge in [0.15, 0.2) is 0 Å². The quantitative estimate of drug-likeness (QED) is 0.848. The van der Waals surface area contributed by atoms with Crippen LogP contribution in [0.15, 0.2) is 23.8 Å². The van der Waals surface area contributed by atoms with E-state index in [4.69, 9.17) is 4.74 Å². The van der Waals surface area contributed by atoms with E-state index in [1.165, 1.54) is 13.0 Å². The zero-order valence-corrected chi connectivity index (χ0v) is 12.9. The molecule has 1 fully saturated rings. The van der Waals surface area contributed by atoms with Crippen LogP contribution in [0, 0.1) is 17.6 Å². The molecule has 1 N–H and O–H groups in total. The van der Waals surface area contributed by atoms with Gasteiger partial charge in [-0.3, -0.25) is 0 Å². The molecule has 1 aromatic carbocycles. The third kappa shape index (κ3) is 2.54. The minimum absolute atomic E-state index is 0.114. The maximum atomic E-state index is 14.1. The topological polar surface area (TPSA) is 46.5 Å². The summed E-state index contributed by atoms with van der Waals surface area (Å²) in [7, 11) is 0. The second kappa shape index (κ2) is 5.66. The minimum Gasteiger partial charge on any atom is -0.426 e. The molecule has 3 nitrogen and oxygen atoms in total. The fourth-order valence-corrected chi connectivity index (χ4v) is 4.28. The summed E-state index contributed by atoms with van der Waals surface area (Å²) in [6, 6.07) is 3.43. The second-order valence-electron chi connectivity index (χ2n) is 5.64. The van der Waals surface area contributed by atoms with E-state index in [1.54, 1.807) is 11.8 Å². The van der Waals surface area contributed by atoms with Gasteiger partial charge in [-0.05, 0) is 42.4 Å². The second-order valence-corrected chi connectivity index (χ2v) is 6.87. The van der Waals surface area contributed by atoms with Gasteiger partial charge in [-0.25, -0.2) is 13.6 Å². The highest BCUT2D eigenvalue weighted by molar-refractivity contribution is 7.99. The Labute approximate surface area is 131 Å². The van der Waals surface area contributed by atoms with Gasteiger partial charge in [0, 0.05) is 12.5 Å². The van der Waals surface area contributed by atoms with Crippen LogP contribution in [0.25, 0.3) is 5.57 Å². The Morgan fingerprint density at radius 3 is 2.45 bits per heavy atom. The van der Waals surface area contributed by atoms with Crippen molar-refractivity contribution in [3.05, 3.63) is 41.0 Å². The lowest BCUT2D eigenvalue weighted by atomic mass is 9.83. The normalized spacial score (nSPS) is 26.5. The van der Waals surface area contributed by atoms with E-state index in [1.807, 2.05) is 0 Å². The van der Waals surface area contributed by atoms with E-state index in [9.17, 15) is 18.7 Å². The van der Waals surface area contributed by atoms with Crippen molar-refractivity contribution in [3.8, 4) is 0 Å². The summed E-state index contributed by atoms with van der Waals surface area (Å²) in [6.07, 6.45) is 1.48. The van der Waals surface area contributed by atoms with Crippen molar-refractivity contribution >= 4 is 23.3 Å². The highest BCUT2D eigenvalue weighted by atomic mass is 32.2. The number of benzene rings is 1. The monoisotopic (exact) mass is 326 g/mol. The van der Waals surface area contributed by atoms with Crippen LogP contribution >= 0.6 is 11.8 Å². The Hall–Kier alpha value is -1.40. The first-order valence-electron chi connectivity index (χ1n) is 7.14. The lowest BCUT2D eigenvalue weighted by Crippen LogP contribution is -2.32. The number of carbonyl (C=O) groups excluding carboxylic acids is 1. The molecule has 0 amide bonds. The van der Waals surface area contributed by atoms with Gasteiger partial charge in [0.1, 0.15) is 11.6 Å². The smallest absolute Gasteiger partial charge is 0.341 e. The fourth-order valence-electron chi connectivity index (χ4n) is 3.17. The van der Waals surface area contributed by atoms with Crippen molar-refractivity contribution in [1.82, 2.24) is 0 Å². The third-order valence-electron chi connectivity index (χ3n) is 4.11. The molecule has 2 aliphatic rings. The highest BCUT2D eigenvalue weighted by Gasteiger charge is 2.47. The zero-order valence-electron chi connectivity index (χ0n) is 12.1. The largest absolute Gasteiger partial charge is 0.426 e. The Bertz CT molecular complexity index is 629. The number of rotatable bonds is 2. The summed E-state index contributed by atoms with van der Waals surface area (Å²) in [6.45, 7) is 1.35. The van der Waals surface area contributed by atoms with Crippen molar-refractivity contribution in [2.75, 3.05) is 11.5 Å². The van der Waals surface area contributed by atoms with Crippen molar-refractivity contribution in [3.63, 3.8) is 0 Å². The number of carbonyl (C=O) groups is 1. The summed E-state index contributed by atoms with van der Waals surface area (Å²) in [4.78, 5) is 12.2. The number of thioether (sulfide) groups is 1. The van der Waals surface area contributed by atoms with Crippen molar-refractivity contribution in [1.29, 1.82) is 0 Å². The molecule has 118 valence electrons. The summed E-state index contributed by atoms with van der Waals surface area (Å²) >= 11 is 1.78. The van der Waals surface area contributed by atoms with E-state index in [-0.39, 0.29) is 11.5 Å². The molecule has 1 atom stereocenters. The summed E-state index contributed by atoms with van der Waals surface area (Å²) < 4.78 is 33.2. The molecule has 1 saturated heterocycles. The maximum Gasteiger partial charge on any atom is 0.341 e. The van der Waals surface area contributed by atoms with Gasteiger partial charge in [-0.1, -0.05) is 6.07 Å². The summed E-state index contributed by atoms with van der Waals surface area (Å²) in [5, 5.41) is 10.4. The van der Waals surface area contributed by atoms with Gasteiger partial charge in [-0.15, -0.1) is 0 Å². The number of halogens is 2. The predicted molar refractivity (Wildman–Crippen MR) is 80.0 cm³/mol.